The second-order valence-corrected chi connectivity index (χ2v) is 4.12. The number of halogens is 6. The van der Waals surface area contributed by atoms with Gasteiger partial charge in [0.15, 0.2) is 0 Å². The number of hydrogen-bond acceptors (Lipinski definition) is 2. The molecular formula is C12H8F6N2. The average Bonchev–Trinajstić information content (AvgIpc) is 2.37. The molecule has 108 valence electrons. The van der Waals surface area contributed by atoms with E-state index in [0.29, 0.717) is 6.20 Å². The molecule has 8 heteroatoms. The summed E-state index contributed by atoms with van der Waals surface area (Å²) in [5.74, 6) is 0. The van der Waals surface area contributed by atoms with Gasteiger partial charge in [0, 0.05) is 6.20 Å². The molecule has 0 aromatic carbocycles. The van der Waals surface area contributed by atoms with Gasteiger partial charge in [-0.05, 0) is 30.5 Å². The minimum atomic E-state index is -5.50. The van der Waals surface area contributed by atoms with Gasteiger partial charge in [-0.15, -0.1) is 0 Å². The SMILES string of the molecule is FC(F)(F)C1(C(F)(F)F)C=CNC(c2ccccn2)=C1. The Morgan fingerprint density at radius 3 is 2.15 bits per heavy atom. The molecule has 0 aliphatic carbocycles. The molecule has 1 aliphatic heterocycles. The summed E-state index contributed by atoms with van der Waals surface area (Å²) in [6.07, 6.45) is -8.92. The van der Waals surface area contributed by atoms with Crippen LogP contribution in [0.5, 0.6) is 0 Å². The van der Waals surface area contributed by atoms with Crippen molar-refractivity contribution in [3.63, 3.8) is 0 Å². The topological polar surface area (TPSA) is 24.9 Å². The number of rotatable bonds is 1. The van der Waals surface area contributed by atoms with Crippen LogP contribution in [0.2, 0.25) is 0 Å². The number of dihydropyridines is 1. The maximum Gasteiger partial charge on any atom is 0.410 e. The molecule has 0 fully saturated rings. The molecule has 0 unspecified atom stereocenters. The largest absolute Gasteiger partial charge is 0.410 e. The van der Waals surface area contributed by atoms with Crippen LogP contribution < -0.4 is 5.32 Å². The first-order valence-corrected chi connectivity index (χ1v) is 5.39. The summed E-state index contributed by atoms with van der Waals surface area (Å²) in [5, 5.41) is 2.35. The molecule has 2 heterocycles. The Morgan fingerprint density at radius 2 is 1.65 bits per heavy atom. The zero-order valence-electron chi connectivity index (χ0n) is 9.76. The number of hydrogen-bond donors (Lipinski definition) is 1. The van der Waals surface area contributed by atoms with Gasteiger partial charge in [0.1, 0.15) is 0 Å². The Bertz CT molecular complexity index is 527. The number of alkyl halides is 6. The molecule has 20 heavy (non-hydrogen) atoms. The molecule has 0 amide bonds. The molecular weight excluding hydrogens is 286 g/mol. The van der Waals surface area contributed by atoms with E-state index in [2.05, 4.69) is 10.3 Å². The predicted octanol–water partition coefficient (Wildman–Crippen LogP) is 3.65. The van der Waals surface area contributed by atoms with Gasteiger partial charge in [-0.2, -0.15) is 26.3 Å². The smallest absolute Gasteiger partial charge is 0.360 e. The van der Waals surface area contributed by atoms with Crippen LogP contribution in [0.25, 0.3) is 5.70 Å². The van der Waals surface area contributed by atoms with Crippen molar-refractivity contribution in [1.29, 1.82) is 0 Å². The van der Waals surface area contributed by atoms with E-state index in [-0.39, 0.29) is 23.5 Å². The third kappa shape index (κ3) is 2.25. The highest BCUT2D eigenvalue weighted by atomic mass is 19.4. The normalized spacial score (nSPS) is 18.4. The van der Waals surface area contributed by atoms with Crippen LogP contribution in [-0.2, 0) is 0 Å². The first-order valence-electron chi connectivity index (χ1n) is 5.39. The third-order valence-corrected chi connectivity index (χ3v) is 2.84. The van der Waals surface area contributed by atoms with Crippen LogP contribution in [0.3, 0.4) is 0 Å². The van der Waals surface area contributed by atoms with Gasteiger partial charge in [0.25, 0.3) is 0 Å². The van der Waals surface area contributed by atoms with Crippen molar-refractivity contribution in [1.82, 2.24) is 10.3 Å². The van der Waals surface area contributed by atoms with Crippen molar-refractivity contribution in [2.45, 2.75) is 12.4 Å². The van der Waals surface area contributed by atoms with Crippen molar-refractivity contribution < 1.29 is 26.3 Å². The number of allylic oxidation sites excluding steroid dienone is 2. The Hall–Kier alpha value is -1.99. The van der Waals surface area contributed by atoms with Crippen molar-refractivity contribution >= 4 is 5.70 Å². The monoisotopic (exact) mass is 294 g/mol. The van der Waals surface area contributed by atoms with Crippen LogP contribution in [0.4, 0.5) is 26.3 Å². The third-order valence-electron chi connectivity index (χ3n) is 2.84. The molecule has 0 radical (unpaired) electrons. The van der Waals surface area contributed by atoms with Gasteiger partial charge >= 0.3 is 12.4 Å². The van der Waals surface area contributed by atoms with Gasteiger partial charge in [-0.1, -0.05) is 6.07 Å². The summed E-state index contributed by atoms with van der Waals surface area (Å²) in [6.45, 7) is 0. The Labute approximate surface area is 109 Å². The highest BCUT2D eigenvalue weighted by molar-refractivity contribution is 5.65. The Kier molecular flexibility index (Phi) is 3.27. The van der Waals surface area contributed by atoms with E-state index in [1.165, 1.54) is 24.4 Å². The quantitative estimate of drug-likeness (QED) is 0.800. The van der Waals surface area contributed by atoms with Gasteiger partial charge in [0.2, 0.25) is 5.41 Å². The first kappa shape index (κ1) is 14.4. The molecule has 2 nitrogen and oxygen atoms in total. The summed E-state index contributed by atoms with van der Waals surface area (Å²) in [4.78, 5) is 3.73. The van der Waals surface area contributed by atoms with Crippen molar-refractivity contribution in [3.8, 4) is 0 Å². The number of pyridine rings is 1. The lowest BCUT2D eigenvalue weighted by atomic mass is 9.83. The molecule has 0 saturated carbocycles. The minimum absolute atomic E-state index is 0.00488. The summed E-state index contributed by atoms with van der Waals surface area (Å²) in [7, 11) is 0. The molecule has 0 bridgehead atoms. The molecule has 1 aliphatic rings. The van der Waals surface area contributed by atoms with Gasteiger partial charge in [-0.25, -0.2) is 0 Å². The van der Waals surface area contributed by atoms with Crippen LogP contribution in [-0.4, -0.2) is 17.3 Å². The number of aromatic nitrogens is 1. The summed E-state index contributed by atoms with van der Waals surface area (Å²) < 4.78 is 77.5. The maximum atomic E-state index is 12.9. The number of nitrogens with one attached hydrogen (secondary N) is 1. The molecule has 1 N–H and O–H groups in total. The number of nitrogens with zero attached hydrogens (tertiary/aromatic N) is 1. The van der Waals surface area contributed by atoms with Crippen LogP contribution in [0, 0.1) is 5.41 Å². The van der Waals surface area contributed by atoms with Crippen LogP contribution in [0.15, 0.2) is 42.7 Å². The zero-order chi connectivity index (χ0) is 15.0. The predicted molar refractivity (Wildman–Crippen MR) is 59.0 cm³/mol. The summed E-state index contributed by atoms with van der Waals surface area (Å²) >= 11 is 0. The van der Waals surface area contributed by atoms with Crippen LogP contribution in [0.1, 0.15) is 5.69 Å². The zero-order valence-corrected chi connectivity index (χ0v) is 9.76. The van der Waals surface area contributed by atoms with Crippen molar-refractivity contribution in [2.24, 2.45) is 5.41 Å². The van der Waals surface area contributed by atoms with E-state index in [4.69, 9.17) is 0 Å². The average molecular weight is 294 g/mol. The van der Waals surface area contributed by atoms with E-state index >= 15 is 0 Å². The van der Waals surface area contributed by atoms with Gasteiger partial charge in [-0.3, -0.25) is 4.98 Å². The molecule has 1 aromatic heterocycles. The van der Waals surface area contributed by atoms with Gasteiger partial charge in [0.05, 0.1) is 11.4 Å². The first-order chi connectivity index (χ1) is 9.17. The van der Waals surface area contributed by atoms with Crippen LogP contribution >= 0.6 is 0 Å². The lowest BCUT2D eigenvalue weighted by Crippen LogP contribution is -2.49. The van der Waals surface area contributed by atoms with E-state index < -0.39 is 17.8 Å². The maximum absolute atomic E-state index is 12.9. The second kappa shape index (κ2) is 4.53. The van der Waals surface area contributed by atoms with E-state index in [0.717, 1.165) is 0 Å². The van der Waals surface area contributed by atoms with Crippen molar-refractivity contribution in [2.75, 3.05) is 0 Å². The van der Waals surface area contributed by atoms with Gasteiger partial charge < -0.3 is 5.32 Å². The van der Waals surface area contributed by atoms with Crippen molar-refractivity contribution in [3.05, 3.63) is 48.4 Å². The minimum Gasteiger partial charge on any atom is -0.360 e. The molecule has 1 aromatic rings. The molecule has 0 spiro atoms. The molecule has 0 saturated heterocycles. The Morgan fingerprint density at radius 1 is 1.00 bits per heavy atom. The molecule has 2 rings (SSSR count). The van der Waals surface area contributed by atoms with E-state index in [9.17, 15) is 26.3 Å². The highest BCUT2D eigenvalue weighted by Gasteiger charge is 2.68. The standard InChI is InChI=1S/C12H8F6N2/c13-11(14,15)10(12(16,17)18)4-6-20-9(7-10)8-3-1-2-5-19-8/h1-7,20H. The Balaban J connectivity index is 2.57. The summed E-state index contributed by atoms with van der Waals surface area (Å²) in [5.41, 5.74) is -4.37. The van der Waals surface area contributed by atoms with E-state index in [1.807, 2.05) is 0 Å². The lowest BCUT2D eigenvalue weighted by molar-refractivity contribution is -0.302. The fraction of sp³-hybridized carbons (Fsp3) is 0.250. The molecule has 0 atom stereocenters. The summed E-state index contributed by atoms with van der Waals surface area (Å²) in [6, 6.07) is 4.28. The second-order valence-electron chi connectivity index (χ2n) is 4.12. The fourth-order valence-electron chi connectivity index (χ4n) is 1.76. The fourth-order valence-corrected chi connectivity index (χ4v) is 1.76. The highest BCUT2D eigenvalue weighted by Crippen LogP contribution is 2.54. The lowest BCUT2D eigenvalue weighted by Gasteiger charge is -2.34. The van der Waals surface area contributed by atoms with E-state index in [1.54, 1.807) is 0 Å².